The fourth-order valence-electron chi connectivity index (χ4n) is 2.76. The van der Waals surface area contributed by atoms with Crippen molar-refractivity contribution in [3.05, 3.63) is 47.4 Å². The zero-order valence-electron chi connectivity index (χ0n) is 11.2. The lowest BCUT2D eigenvalue weighted by molar-refractivity contribution is 0.288. The van der Waals surface area contributed by atoms with Crippen molar-refractivity contribution >= 4 is 5.82 Å². The summed E-state index contributed by atoms with van der Waals surface area (Å²) in [6, 6.07) is 6.82. The van der Waals surface area contributed by atoms with Gasteiger partial charge in [0.2, 0.25) is 0 Å². The van der Waals surface area contributed by atoms with Crippen LogP contribution in [0, 0.1) is 5.82 Å². The van der Waals surface area contributed by atoms with Crippen LogP contribution in [-0.4, -0.2) is 28.0 Å². The van der Waals surface area contributed by atoms with Gasteiger partial charge in [-0.15, -0.1) is 0 Å². The highest BCUT2D eigenvalue weighted by Gasteiger charge is 2.25. The average Bonchev–Trinajstić information content (AvgIpc) is 2.89. The molecule has 1 aliphatic heterocycles. The lowest BCUT2D eigenvalue weighted by Gasteiger charge is -2.27. The fourth-order valence-corrected chi connectivity index (χ4v) is 2.76. The molecular formula is C15H18FN3O. The third-order valence-electron chi connectivity index (χ3n) is 3.75. The zero-order valence-corrected chi connectivity index (χ0v) is 11.2. The summed E-state index contributed by atoms with van der Waals surface area (Å²) in [7, 11) is 0. The van der Waals surface area contributed by atoms with Gasteiger partial charge in [-0.1, -0.05) is 18.2 Å². The summed E-state index contributed by atoms with van der Waals surface area (Å²) < 4.78 is 15.9. The molecule has 1 aromatic heterocycles. The first kappa shape index (κ1) is 13.1. The first-order chi connectivity index (χ1) is 9.81. The Morgan fingerprint density at radius 2 is 2.25 bits per heavy atom. The standard InChI is InChI=1S/C15H18FN3O/c16-13-6-2-1-5-12(13)14-7-8-17-15-11(4-3-9-20)10-18-19(14)15/h1-2,5-6,10,14,17,20H,3-4,7-9H2. The highest BCUT2D eigenvalue weighted by Crippen LogP contribution is 2.32. The van der Waals surface area contributed by atoms with Gasteiger partial charge in [0.1, 0.15) is 11.6 Å². The predicted molar refractivity (Wildman–Crippen MR) is 75.3 cm³/mol. The molecule has 2 aromatic rings. The van der Waals surface area contributed by atoms with E-state index in [1.807, 2.05) is 23.0 Å². The van der Waals surface area contributed by atoms with Crippen LogP contribution in [0.1, 0.15) is 30.0 Å². The second-order valence-electron chi connectivity index (χ2n) is 5.04. The number of nitrogens with one attached hydrogen (secondary N) is 1. The number of nitrogens with zero attached hydrogens (tertiary/aromatic N) is 2. The van der Waals surface area contributed by atoms with E-state index in [4.69, 9.17) is 5.11 Å². The van der Waals surface area contributed by atoms with Crippen LogP contribution < -0.4 is 5.32 Å². The Balaban J connectivity index is 1.95. The summed E-state index contributed by atoms with van der Waals surface area (Å²) in [6.45, 7) is 0.970. The van der Waals surface area contributed by atoms with Crippen molar-refractivity contribution < 1.29 is 9.50 Å². The molecule has 1 aliphatic rings. The molecule has 0 amide bonds. The molecule has 0 fully saturated rings. The Bertz CT molecular complexity index is 597. The molecule has 0 bridgehead atoms. The number of aliphatic hydroxyl groups is 1. The van der Waals surface area contributed by atoms with Crippen LogP contribution in [0.2, 0.25) is 0 Å². The molecule has 5 heteroatoms. The summed E-state index contributed by atoms with van der Waals surface area (Å²) in [4.78, 5) is 0. The van der Waals surface area contributed by atoms with Crippen LogP contribution in [0.25, 0.3) is 0 Å². The molecule has 1 unspecified atom stereocenters. The number of fused-ring (bicyclic) bond motifs is 1. The van der Waals surface area contributed by atoms with E-state index in [2.05, 4.69) is 10.4 Å². The lowest BCUT2D eigenvalue weighted by Crippen LogP contribution is -2.25. The predicted octanol–water partition coefficient (Wildman–Crippen LogP) is 2.35. The van der Waals surface area contributed by atoms with E-state index in [1.165, 1.54) is 6.07 Å². The van der Waals surface area contributed by atoms with Gasteiger partial charge in [0.25, 0.3) is 0 Å². The molecular weight excluding hydrogens is 257 g/mol. The van der Waals surface area contributed by atoms with Crippen LogP contribution in [0.4, 0.5) is 10.2 Å². The van der Waals surface area contributed by atoms with Crippen molar-refractivity contribution in [1.29, 1.82) is 0 Å². The average molecular weight is 275 g/mol. The molecule has 1 aromatic carbocycles. The van der Waals surface area contributed by atoms with Crippen LogP contribution in [0.5, 0.6) is 0 Å². The van der Waals surface area contributed by atoms with Crippen molar-refractivity contribution in [3.63, 3.8) is 0 Å². The van der Waals surface area contributed by atoms with Gasteiger partial charge in [0.15, 0.2) is 0 Å². The van der Waals surface area contributed by atoms with Gasteiger partial charge in [-0.25, -0.2) is 9.07 Å². The van der Waals surface area contributed by atoms with Crippen molar-refractivity contribution in [3.8, 4) is 0 Å². The second kappa shape index (κ2) is 5.63. The summed E-state index contributed by atoms with van der Waals surface area (Å²) in [5.74, 6) is 0.774. The quantitative estimate of drug-likeness (QED) is 0.900. The van der Waals surface area contributed by atoms with Gasteiger partial charge in [0.05, 0.1) is 12.2 Å². The molecule has 0 saturated heterocycles. The number of aryl methyl sites for hydroxylation is 1. The number of aromatic nitrogens is 2. The van der Waals surface area contributed by atoms with Gasteiger partial charge in [-0.05, 0) is 25.3 Å². The van der Waals surface area contributed by atoms with Crippen molar-refractivity contribution in [2.45, 2.75) is 25.3 Å². The third kappa shape index (κ3) is 2.29. The number of hydrogen-bond donors (Lipinski definition) is 2. The van der Waals surface area contributed by atoms with Crippen molar-refractivity contribution in [2.24, 2.45) is 0 Å². The molecule has 0 radical (unpaired) electrons. The maximum atomic E-state index is 14.0. The molecule has 20 heavy (non-hydrogen) atoms. The van der Waals surface area contributed by atoms with Crippen LogP contribution >= 0.6 is 0 Å². The third-order valence-corrected chi connectivity index (χ3v) is 3.75. The zero-order chi connectivity index (χ0) is 13.9. The van der Waals surface area contributed by atoms with E-state index in [1.54, 1.807) is 6.07 Å². The number of hydrogen-bond acceptors (Lipinski definition) is 3. The van der Waals surface area contributed by atoms with E-state index >= 15 is 0 Å². The molecule has 3 rings (SSSR count). The van der Waals surface area contributed by atoms with E-state index in [-0.39, 0.29) is 18.5 Å². The van der Waals surface area contributed by atoms with E-state index < -0.39 is 0 Å². The van der Waals surface area contributed by atoms with E-state index in [9.17, 15) is 4.39 Å². The summed E-state index contributed by atoms with van der Waals surface area (Å²) in [6.07, 6.45) is 4.12. The number of aliphatic hydroxyl groups excluding tert-OH is 1. The molecule has 0 spiro atoms. The summed E-state index contributed by atoms with van der Waals surface area (Å²) in [5.41, 5.74) is 1.77. The first-order valence-electron chi connectivity index (χ1n) is 6.97. The first-order valence-corrected chi connectivity index (χ1v) is 6.97. The lowest BCUT2D eigenvalue weighted by atomic mass is 10.0. The number of rotatable bonds is 4. The van der Waals surface area contributed by atoms with Gasteiger partial charge >= 0.3 is 0 Å². The minimum Gasteiger partial charge on any atom is -0.396 e. The minimum atomic E-state index is -0.183. The number of anilines is 1. The summed E-state index contributed by atoms with van der Waals surface area (Å²) in [5, 5.41) is 16.7. The Kier molecular flexibility index (Phi) is 3.69. The van der Waals surface area contributed by atoms with Gasteiger partial charge < -0.3 is 10.4 Å². The van der Waals surface area contributed by atoms with E-state index in [0.29, 0.717) is 12.0 Å². The maximum absolute atomic E-state index is 14.0. The second-order valence-corrected chi connectivity index (χ2v) is 5.04. The Morgan fingerprint density at radius 1 is 1.40 bits per heavy atom. The van der Waals surface area contributed by atoms with Gasteiger partial charge in [-0.2, -0.15) is 5.10 Å². The molecule has 106 valence electrons. The smallest absolute Gasteiger partial charge is 0.128 e. The summed E-state index contributed by atoms with van der Waals surface area (Å²) >= 11 is 0. The van der Waals surface area contributed by atoms with Crippen LogP contribution in [-0.2, 0) is 6.42 Å². The topological polar surface area (TPSA) is 50.1 Å². The molecule has 2 heterocycles. The Labute approximate surface area is 117 Å². The normalized spacial score (nSPS) is 17.6. The fraction of sp³-hybridized carbons (Fsp3) is 0.400. The monoisotopic (exact) mass is 275 g/mol. The number of benzene rings is 1. The molecule has 4 nitrogen and oxygen atoms in total. The molecule has 0 saturated carbocycles. The molecule has 1 atom stereocenters. The van der Waals surface area contributed by atoms with Crippen molar-refractivity contribution in [1.82, 2.24) is 9.78 Å². The highest BCUT2D eigenvalue weighted by molar-refractivity contribution is 5.47. The highest BCUT2D eigenvalue weighted by atomic mass is 19.1. The minimum absolute atomic E-state index is 0.0599. The van der Waals surface area contributed by atoms with E-state index in [0.717, 1.165) is 30.8 Å². The Morgan fingerprint density at radius 3 is 3.05 bits per heavy atom. The van der Waals surface area contributed by atoms with Gasteiger partial charge in [0, 0.05) is 24.3 Å². The van der Waals surface area contributed by atoms with Gasteiger partial charge in [-0.3, -0.25) is 0 Å². The molecule has 0 aliphatic carbocycles. The number of halogens is 1. The maximum Gasteiger partial charge on any atom is 0.128 e. The largest absolute Gasteiger partial charge is 0.396 e. The molecule has 2 N–H and O–H groups in total. The Hall–Kier alpha value is -1.88. The van der Waals surface area contributed by atoms with Crippen LogP contribution in [0.15, 0.2) is 30.5 Å². The van der Waals surface area contributed by atoms with Crippen molar-refractivity contribution in [2.75, 3.05) is 18.5 Å². The van der Waals surface area contributed by atoms with Crippen LogP contribution in [0.3, 0.4) is 0 Å². The SMILES string of the molecule is OCCCc1cnn2c1NCCC2c1ccccc1F.